The van der Waals surface area contributed by atoms with Crippen LogP contribution in [-0.2, 0) is 20.7 Å². The van der Waals surface area contributed by atoms with E-state index < -0.39 is 23.0 Å². The highest BCUT2D eigenvalue weighted by atomic mass is 16.7. The fourth-order valence-corrected chi connectivity index (χ4v) is 9.96. The van der Waals surface area contributed by atoms with Gasteiger partial charge in [-0.3, -0.25) is 14.6 Å². The van der Waals surface area contributed by atoms with E-state index in [2.05, 4.69) is 63.3 Å². The highest BCUT2D eigenvalue weighted by Gasteiger charge is 2.85. The second kappa shape index (κ2) is 19.0. The van der Waals surface area contributed by atoms with Crippen LogP contribution in [0, 0.1) is 23.7 Å². The van der Waals surface area contributed by atoms with Gasteiger partial charge in [0.1, 0.15) is 5.82 Å². The van der Waals surface area contributed by atoms with E-state index in [9.17, 15) is 14.4 Å². The molecule has 0 bridgehead atoms. The summed E-state index contributed by atoms with van der Waals surface area (Å²) in [6.07, 6.45) is 20.9. The lowest BCUT2D eigenvalue weighted by atomic mass is 9.70. The van der Waals surface area contributed by atoms with Crippen LogP contribution in [0.3, 0.4) is 0 Å². The normalized spacial score (nSPS) is 27.1. The standard InChI is InChI=1S/C48H65N7O5/c1-30(2)22-36-16-11-17-38-42(36)44(57)48(45(58)59-28-37-24-33-14-9-10-15-34(33)25-39(37)53-27-32-12-7-6-8-13-32)47(60-48,43(38)56)20-18-31(3)23-40(55-46(49)51-5)35-19-21-52-41(26-35)54-29-50-4/h10-11,15-19,21,25-26,30,32-33,37,39-40,50,53H,6-9,12-14,20,22-24,27-29H2,1-5H3,(H,52,54)(H3,49,51,55)/b31-18+/t33-,37-,39-,40-,47-,48-/m0/s1. The number of hydrogen-bond acceptors (Lipinski definition) is 10. The number of nitrogens with two attached hydrogens (primary N) is 1. The van der Waals surface area contributed by atoms with Crippen molar-refractivity contribution < 1.29 is 23.9 Å². The van der Waals surface area contributed by atoms with Gasteiger partial charge in [0.25, 0.3) is 5.60 Å². The molecule has 1 aromatic heterocycles. The summed E-state index contributed by atoms with van der Waals surface area (Å²) in [4.78, 5) is 53.0. The van der Waals surface area contributed by atoms with Crippen molar-refractivity contribution in [2.45, 2.75) is 115 Å². The molecule has 12 nitrogen and oxygen atoms in total. The third-order valence-corrected chi connectivity index (χ3v) is 13.3. The lowest BCUT2D eigenvalue weighted by Crippen LogP contribution is -2.51. The first kappa shape index (κ1) is 43.4. The van der Waals surface area contributed by atoms with Gasteiger partial charge < -0.3 is 36.5 Å². The Hall–Kier alpha value is -4.65. The molecule has 5 aliphatic rings. The van der Waals surface area contributed by atoms with Crippen molar-refractivity contribution in [3.05, 3.63) is 94.2 Å². The molecule has 322 valence electrons. The van der Waals surface area contributed by atoms with Crippen molar-refractivity contribution >= 4 is 29.3 Å². The van der Waals surface area contributed by atoms with Crippen LogP contribution in [0.5, 0.6) is 0 Å². The van der Waals surface area contributed by atoms with Crippen molar-refractivity contribution in [1.29, 1.82) is 0 Å². The number of carbonyl (C=O) groups is 3. The molecule has 0 amide bonds. The molecule has 1 saturated carbocycles. The number of anilines is 1. The fourth-order valence-electron chi connectivity index (χ4n) is 9.96. The number of aliphatic imine (C=N–C) groups is 1. The molecule has 2 aromatic rings. The van der Waals surface area contributed by atoms with Gasteiger partial charge in [-0.15, -0.1) is 0 Å². The molecule has 6 N–H and O–H groups in total. The second-order valence-electron chi connectivity index (χ2n) is 18.0. The number of benzene rings is 1. The number of esters is 1. The van der Waals surface area contributed by atoms with Gasteiger partial charge >= 0.3 is 5.97 Å². The summed E-state index contributed by atoms with van der Waals surface area (Å²) in [5.41, 5.74) is 6.93. The Balaban J connectivity index is 1.16. The number of rotatable bonds is 17. The summed E-state index contributed by atoms with van der Waals surface area (Å²) < 4.78 is 12.7. The first-order valence-corrected chi connectivity index (χ1v) is 22.2. The Morgan fingerprint density at radius 2 is 1.95 bits per heavy atom. The predicted molar refractivity (Wildman–Crippen MR) is 236 cm³/mol. The number of ketones is 2. The maximum atomic E-state index is 14.9. The van der Waals surface area contributed by atoms with E-state index in [0.29, 0.717) is 42.7 Å². The Labute approximate surface area is 355 Å². The van der Waals surface area contributed by atoms with Crippen molar-refractivity contribution in [3.63, 3.8) is 0 Å². The number of pyridine rings is 1. The van der Waals surface area contributed by atoms with Crippen LogP contribution in [0.25, 0.3) is 0 Å². The number of allylic oxidation sites excluding steroid dienone is 3. The zero-order valence-corrected chi connectivity index (χ0v) is 36.2. The zero-order valence-electron chi connectivity index (χ0n) is 36.2. The summed E-state index contributed by atoms with van der Waals surface area (Å²) in [7, 11) is 3.47. The Bertz CT molecular complexity index is 2040. The maximum absolute atomic E-state index is 14.9. The number of Topliss-reactive ketones (excluding diaryl/α,β-unsaturated/α-hetero) is 2. The van der Waals surface area contributed by atoms with Crippen LogP contribution >= 0.6 is 0 Å². The van der Waals surface area contributed by atoms with Crippen molar-refractivity contribution in [3.8, 4) is 0 Å². The topological polar surface area (TPSA) is 172 Å². The first-order valence-electron chi connectivity index (χ1n) is 22.2. The molecule has 12 heteroatoms. The third-order valence-electron chi connectivity index (χ3n) is 13.3. The molecule has 60 heavy (non-hydrogen) atoms. The quantitative estimate of drug-likeness (QED) is 0.0218. The van der Waals surface area contributed by atoms with E-state index in [0.717, 1.165) is 42.5 Å². The van der Waals surface area contributed by atoms with Crippen LogP contribution in [0.15, 0.2) is 77.0 Å². The average Bonchev–Trinajstić information content (AvgIpc) is 3.97. The van der Waals surface area contributed by atoms with Gasteiger partial charge in [0, 0.05) is 42.8 Å². The molecule has 6 atom stereocenters. The minimum Gasteiger partial charge on any atom is -0.463 e. The maximum Gasteiger partial charge on any atom is 0.350 e. The van der Waals surface area contributed by atoms with Gasteiger partial charge in [0.05, 0.1) is 19.3 Å². The minimum atomic E-state index is -2.06. The van der Waals surface area contributed by atoms with Crippen molar-refractivity contribution in [2.24, 2.45) is 34.4 Å². The number of guanidine groups is 1. The highest BCUT2D eigenvalue weighted by molar-refractivity contribution is 6.33. The minimum absolute atomic E-state index is 0.0216. The van der Waals surface area contributed by atoms with E-state index >= 15 is 0 Å². The predicted octanol–water partition coefficient (Wildman–Crippen LogP) is 6.75. The lowest BCUT2D eigenvalue weighted by Gasteiger charge is -2.37. The molecule has 2 heterocycles. The van der Waals surface area contributed by atoms with E-state index in [1.165, 1.54) is 37.7 Å². The molecular formula is C48H65N7O5. The molecule has 1 aromatic carbocycles. The van der Waals surface area contributed by atoms with Crippen LogP contribution in [-0.4, -0.2) is 79.6 Å². The first-order chi connectivity index (χ1) is 29.0. The second-order valence-corrected chi connectivity index (χ2v) is 18.0. The monoisotopic (exact) mass is 820 g/mol. The van der Waals surface area contributed by atoms with Gasteiger partial charge in [-0.2, -0.15) is 0 Å². The number of nitrogens with one attached hydrogen (secondary N) is 4. The van der Waals surface area contributed by atoms with Crippen molar-refractivity contribution in [1.82, 2.24) is 20.9 Å². The summed E-state index contributed by atoms with van der Waals surface area (Å²) in [5, 5.41) is 13.5. The molecule has 1 aliphatic heterocycles. The molecule has 4 aliphatic carbocycles. The van der Waals surface area contributed by atoms with E-state index in [1.54, 1.807) is 19.3 Å². The van der Waals surface area contributed by atoms with Crippen LogP contribution < -0.4 is 27.0 Å². The average molecular weight is 820 g/mol. The number of carbonyl (C=O) groups excluding carboxylic acids is 3. The Morgan fingerprint density at radius 3 is 2.72 bits per heavy atom. The van der Waals surface area contributed by atoms with Gasteiger partial charge in [0.15, 0.2) is 17.3 Å². The van der Waals surface area contributed by atoms with Gasteiger partial charge in [-0.05, 0) is 112 Å². The number of hydrogen-bond donors (Lipinski definition) is 5. The lowest BCUT2D eigenvalue weighted by molar-refractivity contribution is -0.150. The number of ether oxygens (including phenoxy) is 2. The van der Waals surface area contributed by atoms with Crippen LogP contribution in [0.1, 0.15) is 123 Å². The third kappa shape index (κ3) is 9.02. The number of epoxide rings is 1. The molecule has 0 radical (unpaired) electrons. The molecule has 1 saturated heterocycles. The van der Waals surface area contributed by atoms with Crippen molar-refractivity contribution in [2.75, 3.05) is 39.2 Å². The summed E-state index contributed by atoms with van der Waals surface area (Å²) in [6.45, 7) is 7.71. The molecule has 0 spiro atoms. The van der Waals surface area contributed by atoms with Gasteiger partial charge in [0.2, 0.25) is 5.78 Å². The zero-order chi connectivity index (χ0) is 42.4. The summed E-state index contributed by atoms with van der Waals surface area (Å²) in [5.74, 6) is 0.652. The summed E-state index contributed by atoms with van der Waals surface area (Å²) >= 11 is 0. The largest absolute Gasteiger partial charge is 0.463 e. The van der Waals surface area contributed by atoms with E-state index in [4.69, 9.17) is 15.2 Å². The number of nitrogens with zero attached hydrogens (tertiary/aromatic N) is 2. The van der Waals surface area contributed by atoms with Gasteiger partial charge in [-0.1, -0.05) is 81.2 Å². The number of aromatic nitrogens is 1. The fraction of sp³-hybridized carbons (Fsp3) is 0.562. The Morgan fingerprint density at radius 1 is 1.13 bits per heavy atom. The highest BCUT2D eigenvalue weighted by Crippen LogP contribution is 2.59. The van der Waals surface area contributed by atoms with Crippen LogP contribution in [0.4, 0.5) is 5.82 Å². The molecular weight excluding hydrogens is 755 g/mol. The molecule has 7 rings (SSSR count). The van der Waals surface area contributed by atoms with Gasteiger partial charge in [-0.25, -0.2) is 9.78 Å². The number of fused-ring (bicyclic) bond motifs is 3. The molecule has 0 unspecified atom stereocenters. The summed E-state index contributed by atoms with van der Waals surface area (Å²) in [6, 6.07) is 9.01. The molecule has 2 fully saturated rings. The van der Waals surface area contributed by atoms with E-state index in [1.807, 2.05) is 44.3 Å². The SMILES string of the molecule is CN=C(N)N[C@@H](C/C(C)=C/C[C@@]12O[C@]1(C(=O)OC[C@@H]1C[C@@H]3CCC=CC3=C[C@@H]1NCC1CCCCC1)C(=O)c1c(CC(C)C)cccc1C2=O)c1ccnc(NCNC)c1. The smallest absolute Gasteiger partial charge is 0.350 e. The Kier molecular flexibility index (Phi) is 13.7. The van der Waals surface area contributed by atoms with Crippen LogP contribution in [0.2, 0.25) is 0 Å². The van der Waals surface area contributed by atoms with E-state index in [-0.39, 0.29) is 54.3 Å².